The van der Waals surface area contributed by atoms with Gasteiger partial charge in [-0.1, -0.05) is 30.0 Å². The van der Waals surface area contributed by atoms with Crippen LogP contribution in [-0.4, -0.2) is 48.0 Å². The highest BCUT2D eigenvalue weighted by Crippen LogP contribution is 2.18. The Kier molecular flexibility index (Phi) is 6.56. The molecule has 1 N–H and O–H groups in total. The summed E-state index contributed by atoms with van der Waals surface area (Å²) in [5, 5.41) is 3.18. The molecule has 21 heavy (non-hydrogen) atoms. The molecule has 0 bridgehead atoms. The maximum atomic E-state index is 11.4. The molecule has 1 aliphatic rings. The Morgan fingerprint density at radius 3 is 2.67 bits per heavy atom. The maximum Gasteiger partial charge on any atom is 0.288 e. The van der Waals surface area contributed by atoms with Crippen LogP contribution in [0.15, 0.2) is 30.3 Å². The van der Waals surface area contributed by atoms with Crippen LogP contribution in [0.2, 0.25) is 0 Å². The maximum absolute atomic E-state index is 11.4. The predicted octanol–water partition coefficient (Wildman–Crippen LogP) is 2.13. The van der Waals surface area contributed by atoms with E-state index in [1.807, 2.05) is 30.3 Å². The van der Waals surface area contributed by atoms with Gasteiger partial charge < -0.3 is 10.1 Å². The quantitative estimate of drug-likeness (QED) is 0.708. The van der Waals surface area contributed by atoms with Crippen molar-refractivity contribution < 1.29 is 14.3 Å². The molecule has 6 heteroatoms. The number of para-hydroxylation sites is 1. The highest BCUT2D eigenvalue weighted by atomic mass is 32.2. The number of hydrogen-bond acceptors (Lipinski definition) is 5. The number of rotatable bonds is 9. The van der Waals surface area contributed by atoms with Crippen molar-refractivity contribution in [3.05, 3.63) is 30.3 Å². The molecule has 1 aromatic rings. The molecule has 0 aromatic heterocycles. The number of thioether (sulfide) groups is 1. The summed E-state index contributed by atoms with van der Waals surface area (Å²) in [5.74, 6) is 1.12. The highest BCUT2D eigenvalue weighted by molar-refractivity contribution is 8.14. The minimum Gasteiger partial charge on any atom is -0.492 e. The molecule has 0 saturated carbocycles. The summed E-state index contributed by atoms with van der Waals surface area (Å²) < 4.78 is 5.56. The number of carbonyl (C=O) groups is 2. The molecule has 5 nitrogen and oxygen atoms in total. The van der Waals surface area contributed by atoms with Crippen LogP contribution < -0.4 is 10.1 Å². The standard InChI is InChI=1S/C15H20N2O3S/c18-14-12-21-15(19)17(14)10-5-4-8-16-9-11-20-13-6-2-1-3-7-13/h1-3,6-7,16H,4-5,8-12H2. The van der Waals surface area contributed by atoms with Crippen molar-refractivity contribution in [2.45, 2.75) is 12.8 Å². The first-order valence-corrected chi connectivity index (χ1v) is 8.11. The molecule has 0 radical (unpaired) electrons. The monoisotopic (exact) mass is 308 g/mol. The number of benzene rings is 1. The Bertz CT molecular complexity index is 451. The largest absolute Gasteiger partial charge is 0.492 e. The van der Waals surface area contributed by atoms with E-state index in [0.717, 1.165) is 43.4 Å². The van der Waals surface area contributed by atoms with Crippen LogP contribution in [0.3, 0.4) is 0 Å². The van der Waals surface area contributed by atoms with Gasteiger partial charge in [0.1, 0.15) is 12.4 Å². The molecule has 0 aliphatic carbocycles. The van der Waals surface area contributed by atoms with Crippen molar-refractivity contribution in [2.75, 3.05) is 32.0 Å². The Hall–Kier alpha value is -1.53. The summed E-state index contributed by atoms with van der Waals surface area (Å²) in [7, 11) is 0. The van der Waals surface area contributed by atoms with Crippen molar-refractivity contribution in [2.24, 2.45) is 0 Å². The van der Waals surface area contributed by atoms with Crippen LogP contribution in [0, 0.1) is 0 Å². The van der Waals surface area contributed by atoms with E-state index in [4.69, 9.17) is 4.74 Å². The number of imide groups is 1. The van der Waals surface area contributed by atoms with Gasteiger partial charge in [0.25, 0.3) is 5.24 Å². The van der Waals surface area contributed by atoms with Gasteiger partial charge in [-0.15, -0.1) is 0 Å². The SMILES string of the molecule is O=C1CSC(=O)N1CCCCNCCOc1ccccc1. The topological polar surface area (TPSA) is 58.6 Å². The molecule has 0 spiro atoms. The molecular weight excluding hydrogens is 288 g/mol. The van der Waals surface area contributed by atoms with E-state index in [2.05, 4.69) is 5.32 Å². The van der Waals surface area contributed by atoms with Crippen LogP contribution in [0.25, 0.3) is 0 Å². The van der Waals surface area contributed by atoms with Crippen molar-refractivity contribution in [1.29, 1.82) is 0 Å². The number of ether oxygens (including phenoxy) is 1. The van der Waals surface area contributed by atoms with E-state index in [1.54, 1.807) is 0 Å². The van der Waals surface area contributed by atoms with Crippen molar-refractivity contribution >= 4 is 22.9 Å². The lowest BCUT2D eigenvalue weighted by atomic mass is 10.3. The number of amides is 2. The van der Waals surface area contributed by atoms with Crippen LogP contribution in [-0.2, 0) is 4.79 Å². The summed E-state index contributed by atoms with van der Waals surface area (Å²) in [6, 6.07) is 9.72. The number of hydrogen-bond donors (Lipinski definition) is 1. The second-order valence-corrected chi connectivity index (χ2v) is 5.65. The fraction of sp³-hybridized carbons (Fsp3) is 0.467. The van der Waals surface area contributed by atoms with Gasteiger partial charge in [-0.2, -0.15) is 0 Å². The van der Waals surface area contributed by atoms with Crippen molar-refractivity contribution in [1.82, 2.24) is 10.2 Å². The third kappa shape index (κ3) is 5.40. The summed E-state index contributed by atoms with van der Waals surface area (Å²) >= 11 is 1.09. The van der Waals surface area contributed by atoms with Gasteiger partial charge in [-0.3, -0.25) is 14.5 Å². The molecule has 0 unspecified atom stereocenters. The second kappa shape index (κ2) is 8.69. The number of unbranched alkanes of at least 4 members (excludes halogenated alkanes) is 1. The molecule has 114 valence electrons. The fourth-order valence-corrected chi connectivity index (χ4v) is 2.75. The summed E-state index contributed by atoms with van der Waals surface area (Å²) in [6.07, 6.45) is 1.78. The van der Waals surface area contributed by atoms with Crippen molar-refractivity contribution in [3.63, 3.8) is 0 Å². The van der Waals surface area contributed by atoms with Crippen LogP contribution >= 0.6 is 11.8 Å². The Balaban J connectivity index is 1.45. The second-order valence-electron chi connectivity index (χ2n) is 4.72. The van der Waals surface area contributed by atoms with Crippen LogP contribution in [0.5, 0.6) is 5.75 Å². The van der Waals surface area contributed by atoms with Crippen molar-refractivity contribution in [3.8, 4) is 5.75 Å². The average molecular weight is 308 g/mol. The first-order chi connectivity index (χ1) is 10.3. The molecule has 1 saturated heterocycles. The van der Waals surface area contributed by atoms with Gasteiger partial charge in [-0.25, -0.2) is 0 Å². The van der Waals surface area contributed by atoms with Crippen LogP contribution in [0.1, 0.15) is 12.8 Å². The van der Waals surface area contributed by atoms with E-state index in [9.17, 15) is 9.59 Å². The third-order valence-corrected chi connectivity index (χ3v) is 3.98. The van der Waals surface area contributed by atoms with E-state index < -0.39 is 0 Å². The number of nitrogens with zero attached hydrogens (tertiary/aromatic N) is 1. The smallest absolute Gasteiger partial charge is 0.288 e. The minimum absolute atomic E-state index is 0.0609. The Morgan fingerprint density at radius 1 is 1.14 bits per heavy atom. The van der Waals surface area contributed by atoms with E-state index in [0.29, 0.717) is 18.9 Å². The highest BCUT2D eigenvalue weighted by Gasteiger charge is 2.28. The summed E-state index contributed by atoms with van der Waals surface area (Å²) in [5.41, 5.74) is 0. The molecule has 1 aromatic carbocycles. The lowest BCUT2D eigenvalue weighted by Crippen LogP contribution is -2.30. The zero-order valence-corrected chi connectivity index (χ0v) is 12.7. The van der Waals surface area contributed by atoms with Gasteiger partial charge in [0.05, 0.1) is 5.75 Å². The summed E-state index contributed by atoms with van der Waals surface area (Å²) in [6.45, 7) is 2.81. The minimum atomic E-state index is -0.107. The summed E-state index contributed by atoms with van der Waals surface area (Å²) in [4.78, 5) is 24.1. The van der Waals surface area contributed by atoms with Crippen LogP contribution in [0.4, 0.5) is 4.79 Å². The Morgan fingerprint density at radius 2 is 1.95 bits per heavy atom. The molecule has 2 amide bonds. The van der Waals surface area contributed by atoms with E-state index >= 15 is 0 Å². The first-order valence-electron chi connectivity index (χ1n) is 7.13. The van der Waals surface area contributed by atoms with Gasteiger partial charge in [0, 0.05) is 13.1 Å². The van der Waals surface area contributed by atoms with Gasteiger partial charge in [0.2, 0.25) is 5.91 Å². The normalized spacial score (nSPS) is 14.8. The molecule has 2 rings (SSSR count). The molecule has 1 fully saturated rings. The zero-order chi connectivity index (χ0) is 14.9. The number of nitrogens with one attached hydrogen (secondary N) is 1. The lowest BCUT2D eigenvalue weighted by Gasteiger charge is -2.12. The predicted molar refractivity (Wildman–Crippen MR) is 83.6 cm³/mol. The van der Waals surface area contributed by atoms with Gasteiger partial charge in [0.15, 0.2) is 0 Å². The molecular formula is C15H20N2O3S. The van der Waals surface area contributed by atoms with E-state index in [-0.39, 0.29) is 11.1 Å². The fourth-order valence-electron chi connectivity index (χ4n) is 2.00. The molecule has 1 heterocycles. The lowest BCUT2D eigenvalue weighted by molar-refractivity contribution is -0.124. The molecule has 1 aliphatic heterocycles. The third-order valence-electron chi connectivity index (χ3n) is 3.12. The van der Waals surface area contributed by atoms with E-state index in [1.165, 1.54) is 4.90 Å². The first kappa shape index (κ1) is 15.9. The average Bonchev–Trinajstić information content (AvgIpc) is 2.82. The number of carbonyl (C=O) groups excluding carboxylic acids is 2. The van der Waals surface area contributed by atoms with Gasteiger partial charge in [-0.05, 0) is 31.5 Å². The zero-order valence-electron chi connectivity index (χ0n) is 11.9. The van der Waals surface area contributed by atoms with Gasteiger partial charge >= 0.3 is 0 Å². The molecule has 0 atom stereocenters. The Labute approximate surface area is 129 Å².